The fraction of sp³-hybridized carbons (Fsp3) is 0.409. The molecule has 1 aromatic carbocycles. The summed E-state index contributed by atoms with van der Waals surface area (Å²) in [5.41, 5.74) is -0.929. The molecule has 3 aromatic rings. The van der Waals surface area contributed by atoms with Crippen LogP contribution in [-0.4, -0.2) is 53.5 Å². The molecular weight excluding hydrogens is 471 g/mol. The molecule has 0 bridgehead atoms. The second kappa shape index (κ2) is 8.26. The van der Waals surface area contributed by atoms with Crippen LogP contribution in [-0.2, 0) is 20.8 Å². The lowest BCUT2D eigenvalue weighted by molar-refractivity contribution is -0.137. The number of nitrogens with zero attached hydrogens (tertiary/aromatic N) is 4. The summed E-state index contributed by atoms with van der Waals surface area (Å²) in [6.45, 7) is 5.50. The number of sulfone groups is 1. The van der Waals surface area contributed by atoms with E-state index in [-0.39, 0.29) is 17.2 Å². The predicted octanol–water partition coefficient (Wildman–Crippen LogP) is 3.63. The maximum absolute atomic E-state index is 13.5. The summed E-state index contributed by atoms with van der Waals surface area (Å²) in [4.78, 5) is 18.7. The van der Waals surface area contributed by atoms with Gasteiger partial charge in [0.05, 0.1) is 34.6 Å². The van der Waals surface area contributed by atoms with Gasteiger partial charge in [-0.25, -0.2) is 17.9 Å². The smallest absolute Gasteiger partial charge is 0.353 e. The van der Waals surface area contributed by atoms with E-state index in [9.17, 15) is 26.4 Å². The van der Waals surface area contributed by atoms with Gasteiger partial charge in [0.15, 0.2) is 15.5 Å². The van der Waals surface area contributed by atoms with Gasteiger partial charge in [-0.3, -0.25) is 4.79 Å². The lowest BCUT2D eigenvalue weighted by Crippen LogP contribution is -2.40. The first kappa shape index (κ1) is 24.0. The Balaban J connectivity index is 1.68. The molecule has 1 aliphatic heterocycles. The molecule has 12 heteroatoms. The van der Waals surface area contributed by atoms with Crippen LogP contribution in [0.3, 0.4) is 0 Å². The molecule has 2 aromatic heterocycles. The Kier molecular flexibility index (Phi) is 5.83. The molecule has 1 saturated heterocycles. The van der Waals surface area contributed by atoms with Crippen LogP contribution in [0.25, 0.3) is 16.9 Å². The maximum atomic E-state index is 13.5. The fourth-order valence-electron chi connectivity index (χ4n) is 3.49. The Morgan fingerprint density at radius 3 is 2.35 bits per heavy atom. The van der Waals surface area contributed by atoms with Crippen LogP contribution in [0.5, 0.6) is 0 Å². The Morgan fingerprint density at radius 2 is 1.74 bits per heavy atom. The number of hydrogen-bond acceptors (Lipinski definition) is 6. The van der Waals surface area contributed by atoms with Gasteiger partial charge in [0, 0.05) is 24.1 Å². The van der Waals surface area contributed by atoms with E-state index in [1.165, 1.54) is 16.6 Å². The highest BCUT2D eigenvalue weighted by Gasteiger charge is 2.35. The van der Waals surface area contributed by atoms with Gasteiger partial charge in [-0.15, -0.1) is 5.10 Å². The van der Waals surface area contributed by atoms with Gasteiger partial charge in [-0.2, -0.15) is 13.2 Å². The minimum atomic E-state index is -4.64. The highest BCUT2D eigenvalue weighted by molar-refractivity contribution is 7.91. The molecule has 4 rings (SSSR count). The molecule has 3 heterocycles. The van der Waals surface area contributed by atoms with Gasteiger partial charge in [-0.05, 0) is 24.3 Å². The first-order chi connectivity index (χ1) is 15.7. The molecule has 1 aliphatic rings. The Hall–Kier alpha value is -3.15. The summed E-state index contributed by atoms with van der Waals surface area (Å²) in [5.74, 6) is 0.143. The van der Waals surface area contributed by atoms with Gasteiger partial charge in [0.1, 0.15) is 5.82 Å². The van der Waals surface area contributed by atoms with Crippen molar-refractivity contribution in [3.05, 3.63) is 42.1 Å². The number of carbonyl (C=O) groups excluding carboxylic acids is 1. The Labute approximate surface area is 194 Å². The van der Waals surface area contributed by atoms with Crippen molar-refractivity contribution in [3.63, 3.8) is 0 Å². The lowest BCUT2D eigenvalue weighted by Gasteiger charge is -2.27. The van der Waals surface area contributed by atoms with Crippen LogP contribution in [0.2, 0.25) is 0 Å². The second-order valence-electron chi connectivity index (χ2n) is 9.22. The molecule has 0 spiro atoms. The number of rotatable bonds is 3. The third kappa shape index (κ3) is 5.01. The zero-order valence-electron chi connectivity index (χ0n) is 18.8. The van der Waals surface area contributed by atoms with Crippen LogP contribution in [0.4, 0.5) is 24.7 Å². The second-order valence-corrected chi connectivity index (χ2v) is 11.5. The standard InChI is InChI=1S/C22H24F3N5O3S/c1-21(2,3)20(31)27-16-12-14(4-5-15(16)22(23,24)25)17-13-30-18(26-17)6-7-19(28-30)29-8-10-34(32,33)11-9-29/h4-7,12-13H,8-11H2,1-3H3,(H,27,31). The summed E-state index contributed by atoms with van der Waals surface area (Å²) in [5, 5.41) is 6.88. The zero-order valence-corrected chi connectivity index (χ0v) is 19.7. The fourth-order valence-corrected chi connectivity index (χ4v) is 4.69. The average Bonchev–Trinajstić information content (AvgIpc) is 3.15. The van der Waals surface area contributed by atoms with Crippen molar-refractivity contribution in [2.45, 2.75) is 26.9 Å². The number of hydrogen-bond donors (Lipinski definition) is 1. The van der Waals surface area contributed by atoms with E-state index >= 15 is 0 Å². The number of alkyl halides is 3. The largest absolute Gasteiger partial charge is 0.418 e. The molecular formula is C22H24F3N5O3S. The molecule has 182 valence electrons. The predicted molar refractivity (Wildman–Crippen MR) is 122 cm³/mol. The van der Waals surface area contributed by atoms with Gasteiger partial charge >= 0.3 is 6.18 Å². The van der Waals surface area contributed by atoms with Gasteiger partial charge < -0.3 is 10.2 Å². The van der Waals surface area contributed by atoms with E-state index in [2.05, 4.69) is 15.4 Å². The number of anilines is 2. The summed E-state index contributed by atoms with van der Waals surface area (Å²) in [7, 11) is -3.03. The number of nitrogens with one attached hydrogen (secondary N) is 1. The number of carbonyl (C=O) groups is 1. The minimum absolute atomic E-state index is 0.0521. The third-order valence-corrected chi connectivity index (χ3v) is 7.13. The number of benzene rings is 1. The van der Waals surface area contributed by atoms with E-state index in [1.54, 1.807) is 39.1 Å². The third-order valence-electron chi connectivity index (χ3n) is 5.52. The number of amides is 1. The molecule has 1 amide bonds. The maximum Gasteiger partial charge on any atom is 0.418 e. The van der Waals surface area contributed by atoms with E-state index < -0.39 is 32.9 Å². The number of imidazole rings is 1. The highest BCUT2D eigenvalue weighted by Crippen LogP contribution is 2.37. The van der Waals surface area contributed by atoms with Crippen molar-refractivity contribution < 1.29 is 26.4 Å². The van der Waals surface area contributed by atoms with Crippen molar-refractivity contribution >= 4 is 32.9 Å². The Morgan fingerprint density at radius 1 is 1.06 bits per heavy atom. The summed E-state index contributed by atoms with van der Waals surface area (Å²) >= 11 is 0. The number of halogens is 3. The van der Waals surface area contributed by atoms with Crippen LogP contribution in [0.1, 0.15) is 26.3 Å². The van der Waals surface area contributed by atoms with Gasteiger partial charge in [0.2, 0.25) is 5.91 Å². The number of aromatic nitrogens is 3. The van der Waals surface area contributed by atoms with Crippen molar-refractivity contribution in [1.82, 2.24) is 14.6 Å². The first-order valence-corrected chi connectivity index (χ1v) is 12.4. The van der Waals surface area contributed by atoms with Crippen LogP contribution in [0, 0.1) is 5.41 Å². The Bertz CT molecular complexity index is 1350. The molecule has 34 heavy (non-hydrogen) atoms. The van der Waals surface area contributed by atoms with E-state index in [1.807, 2.05) is 4.90 Å². The van der Waals surface area contributed by atoms with Crippen LogP contribution < -0.4 is 10.2 Å². The quantitative estimate of drug-likeness (QED) is 0.596. The SMILES string of the molecule is CC(C)(C)C(=O)Nc1cc(-c2cn3nc(N4CCS(=O)(=O)CC4)ccc3n2)ccc1C(F)(F)F. The molecule has 0 atom stereocenters. The van der Waals surface area contributed by atoms with Gasteiger partial charge in [-0.1, -0.05) is 26.8 Å². The summed E-state index contributed by atoms with van der Waals surface area (Å²) in [6, 6.07) is 6.91. The molecule has 0 aliphatic carbocycles. The molecule has 1 fully saturated rings. The summed E-state index contributed by atoms with van der Waals surface area (Å²) in [6.07, 6.45) is -3.06. The van der Waals surface area contributed by atoms with E-state index in [0.29, 0.717) is 35.8 Å². The van der Waals surface area contributed by atoms with Crippen molar-refractivity contribution in [2.24, 2.45) is 5.41 Å². The molecule has 0 unspecified atom stereocenters. The number of fused-ring (bicyclic) bond motifs is 1. The van der Waals surface area contributed by atoms with E-state index in [4.69, 9.17) is 0 Å². The summed E-state index contributed by atoms with van der Waals surface area (Å²) < 4.78 is 65.5. The van der Waals surface area contributed by atoms with Crippen LogP contribution in [0.15, 0.2) is 36.5 Å². The normalized spacial score (nSPS) is 16.6. The molecule has 8 nitrogen and oxygen atoms in total. The molecule has 0 radical (unpaired) electrons. The lowest BCUT2D eigenvalue weighted by atomic mass is 9.95. The van der Waals surface area contributed by atoms with Gasteiger partial charge in [0.25, 0.3) is 0 Å². The van der Waals surface area contributed by atoms with E-state index in [0.717, 1.165) is 6.07 Å². The monoisotopic (exact) mass is 495 g/mol. The van der Waals surface area contributed by atoms with Crippen molar-refractivity contribution in [1.29, 1.82) is 0 Å². The topological polar surface area (TPSA) is 96.7 Å². The minimum Gasteiger partial charge on any atom is -0.353 e. The van der Waals surface area contributed by atoms with Crippen molar-refractivity contribution in [2.75, 3.05) is 34.8 Å². The van der Waals surface area contributed by atoms with Crippen molar-refractivity contribution in [3.8, 4) is 11.3 Å². The molecule has 0 saturated carbocycles. The zero-order chi connectivity index (χ0) is 24.9. The molecule has 1 N–H and O–H groups in total. The van der Waals surface area contributed by atoms with Crippen LogP contribution >= 0.6 is 0 Å². The first-order valence-electron chi connectivity index (χ1n) is 10.6. The average molecular weight is 496 g/mol. The highest BCUT2D eigenvalue weighted by atomic mass is 32.2.